The van der Waals surface area contributed by atoms with Gasteiger partial charge < -0.3 is 28.8 Å². The number of nitrogens with zero attached hydrogens (tertiary/aromatic N) is 1. The first kappa shape index (κ1) is 29.2. The normalized spacial score (nSPS) is 16.4. The molecule has 0 bridgehead atoms. The zero-order chi connectivity index (χ0) is 23.0. The highest BCUT2D eigenvalue weighted by Gasteiger charge is 2.22. The number of allylic oxidation sites excluding steroid dienone is 1. The van der Waals surface area contributed by atoms with E-state index in [-0.39, 0.29) is 19.1 Å². The van der Waals surface area contributed by atoms with Gasteiger partial charge in [-0.05, 0) is 19.3 Å². The summed E-state index contributed by atoms with van der Waals surface area (Å²) in [5.74, 6) is -0.243. The predicted molar refractivity (Wildman–Crippen MR) is 118 cm³/mol. The first-order valence-electron chi connectivity index (χ1n) is 11.1. The maximum absolute atomic E-state index is 12.1. The summed E-state index contributed by atoms with van der Waals surface area (Å²) in [5, 5.41) is 13.1. The van der Waals surface area contributed by atoms with Gasteiger partial charge in [-0.1, -0.05) is 51.7 Å². The molecule has 0 aliphatic carbocycles. The third-order valence-corrected chi connectivity index (χ3v) is 5.46. The van der Waals surface area contributed by atoms with E-state index in [4.69, 9.17) is 9.05 Å². The highest BCUT2D eigenvalue weighted by molar-refractivity contribution is 7.45. The Hall–Kier alpha value is -0.760. The Labute approximate surface area is 182 Å². The topological polar surface area (TPSA) is 108 Å². The van der Waals surface area contributed by atoms with Crippen molar-refractivity contribution in [2.24, 2.45) is 0 Å². The number of phosphoric acid groups is 1. The standard InChI is InChI=1S/C21H43N2O6P/c1-6-8-10-11-12-13-14-20(24)19(22-21(25)15-9-7-2)18-29-30(26,27)28-17-16-23(3,4)5/h13-14,19-20,24H,6-12,15-18H2,1-5H3,(H-,22,25,26,27)/b14-13+. The van der Waals surface area contributed by atoms with Crippen molar-refractivity contribution >= 4 is 13.7 Å². The fourth-order valence-corrected chi connectivity index (χ4v) is 3.26. The van der Waals surface area contributed by atoms with Crippen molar-refractivity contribution in [3.05, 3.63) is 12.2 Å². The van der Waals surface area contributed by atoms with Crippen molar-refractivity contribution in [1.82, 2.24) is 5.32 Å². The third kappa shape index (κ3) is 17.0. The van der Waals surface area contributed by atoms with Gasteiger partial charge >= 0.3 is 0 Å². The van der Waals surface area contributed by atoms with Gasteiger partial charge in [0, 0.05) is 6.42 Å². The Kier molecular flexibility index (Phi) is 15.6. The average molecular weight is 451 g/mol. The molecule has 2 N–H and O–H groups in total. The second-order valence-electron chi connectivity index (χ2n) is 8.64. The number of rotatable bonds is 18. The minimum absolute atomic E-state index is 0.00196. The quantitative estimate of drug-likeness (QED) is 0.144. The molecule has 0 aliphatic rings. The number of aliphatic hydroxyl groups excluding tert-OH is 1. The van der Waals surface area contributed by atoms with E-state index in [1.54, 1.807) is 6.08 Å². The molecule has 30 heavy (non-hydrogen) atoms. The number of hydrogen-bond acceptors (Lipinski definition) is 6. The molecule has 0 aromatic carbocycles. The number of quaternary nitrogens is 1. The van der Waals surface area contributed by atoms with Gasteiger partial charge in [0.2, 0.25) is 5.91 Å². The van der Waals surface area contributed by atoms with E-state index in [1.807, 2.05) is 34.1 Å². The molecule has 0 fully saturated rings. The summed E-state index contributed by atoms with van der Waals surface area (Å²) in [5.41, 5.74) is 0. The van der Waals surface area contributed by atoms with Gasteiger partial charge in [0.1, 0.15) is 13.2 Å². The zero-order valence-corrected chi connectivity index (χ0v) is 20.4. The Morgan fingerprint density at radius 3 is 2.40 bits per heavy atom. The fourth-order valence-electron chi connectivity index (χ4n) is 2.54. The number of amides is 1. The van der Waals surface area contributed by atoms with Gasteiger partial charge in [-0.3, -0.25) is 9.36 Å². The van der Waals surface area contributed by atoms with Crippen LogP contribution in [0.2, 0.25) is 0 Å². The van der Waals surface area contributed by atoms with Crippen LogP contribution in [0.3, 0.4) is 0 Å². The summed E-state index contributed by atoms with van der Waals surface area (Å²) < 4.78 is 22.4. The second kappa shape index (κ2) is 16.0. The van der Waals surface area contributed by atoms with E-state index in [0.29, 0.717) is 17.4 Å². The van der Waals surface area contributed by atoms with Crippen LogP contribution in [0.15, 0.2) is 12.2 Å². The number of unbranched alkanes of at least 4 members (excludes halogenated alkanes) is 5. The van der Waals surface area contributed by atoms with Gasteiger partial charge in [0.05, 0.1) is 39.9 Å². The Morgan fingerprint density at radius 1 is 1.13 bits per heavy atom. The van der Waals surface area contributed by atoms with Crippen LogP contribution in [-0.2, 0) is 18.4 Å². The van der Waals surface area contributed by atoms with Crippen LogP contribution in [0.5, 0.6) is 0 Å². The molecule has 1 amide bonds. The summed E-state index contributed by atoms with van der Waals surface area (Å²) in [7, 11) is 1.24. The first-order chi connectivity index (χ1) is 14.0. The van der Waals surface area contributed by atoms with Gasteiger partial charge in [-0.25, -0.2) is 0 Å². The Bertz CT molecular complexity index is 536. The molecular weight excluding hydrogens is 407 g/mol. The van der Waals surface area contributed by atoms with Crippen molar-refractivity contribution in [2.75, 3.05) is 40.9 Å². The smallest absolute Gasteiger partial charge is 0.268 e. The average Bonchev–Trinajstić information content (AvgIpc) is 2.64. The van der Waals surface area contributed by atoms with Crippen LogP contribution >= 0.6 is 7.82 Å². The molecule has 3 atom stereocenters. The van der Waals surface area contributed by atoms with Crippen LogP contribution in [0.25, 0.3) is 0 Å². The number of carbonyl (C=O) groups excluding carboxylic acids is 1. The maximum atomic E-state index is 12.1. The molecule has 0 aliphatic heterocycles. The lowest BCUT2D eigenvalue weighted by molar-refractivity contribution is -0.870. The van der Waals surface area contributed by atoms with E-state index in [0.717, 1.165) is 38.5 Å². The van der Waals surface area contributed by atoms with Crippen molar-refractivity contribution < 1.29 is 32.9 Å². The number of aliphatic hydroxyl groups is 1. The maximum Gasteiger partial charge on any atom is 0.268 e. The fraction of sp³-hybridized carbons (Fsp3) is 0.857. The molecular formula is C21H43N2O6P. The van der Waals surface area contributed by atoms with Crippen LogP contribution in [0, 0.1) is 0 Å². The minimum Gasteiger partial charge on any atom is -0.756 e. The zero-order valence-electron chi connectivity index (χ0n) is 19.5. The lowest BCUT2D eigenvalue weighted by atomic mass is 10.1. The van der Waals surface area contributed by atoms with Crippen LogP contribution in [-0.4, -0.2) is 68.5 Å². The molecule has 9 heteroatoms. The van der Waals surface area contributed by atoms with Crippen LogP contribution in [0.4, 0.5) is 0 Å². The minimum atomic E-state index is -4.53. The van der Waals surface area contributed by atoms with Crippen molar-refractivity contribution in [3.8, 4) is 0 Å². The summed E-state index contributed by atoms with van der Waals surface area (Å²) in [4.78, 5) is 24.1. The molecule has 0 saturated heterocycles. The molecule has 0 aromatic rings. The van der Waals surface area contributed by atoms with E-state index >= 15 is 0 Å². The number of likely N-dealkylation sites (N-methyl/N-ethyl adjacent to an activating group) is 1. The van der Waals surface area contributed by atoms with Crippen LogP contribution in [0.1, 0.15) is 65.2 Å². The number of hydrogen-bond donors (Lipinski definition) is 2. The molecule has 3 unspecified atom stereocenters. The van der Waals surface area contributed by atoms with Gasteiger partial charge in [0.25, 0.3) is 7.82 Å². The summed E-state index contributed by atoms with van der Waals surface area (Å²) in [6.07, 6.45) is 9.61. The van der Waals surface area contributed by atoms with Gasteiger partial charge in [0.15, 0.2) is 0 Å². The molecule has 0 spiro atoms. The predicted octanol–water partition coefficient (Wildman–Crippen LogP) is 2.76. The van der Waals surface area contributed by atoms with Gasteiger partial charge in [-0.2, -0.15) is 0 Å². The van der Waals surface area contributed by atoms with E-state index in [1.165, 1.54) is 6.42 Å². The molecule has 178 valence electrons. The van der Waals surface area contributed by atoms with E-state index in [9.17, 15) is 19.4 Å². The second-order valence-corrected chi connectivity index (χ2v) is 10.0. The molecule has 0 heterocycles. The molecule has 8 nitrogen and oxygen atoms in total. The summed E-state index contributed by atoms with van der Waals surface area (Å²) >= 11 is 0. The Morgan fingerprint density at radius 2 is 1.80 bits per heavy atom. The number of carbonyl (C=O) groups is 1. The summed E-state index contributed by atoms with van der Waals surface area (Å²) in [6, 6.07) is -0.870. The highest BCUT2D eigenvalue weighted by Crippen LogP contribution is 2.38. The van der Waals surface area contributed by atoms with E-state index in [2.05, 4.69) is 12.2 Å². The van der Waals surface area contributed by atoms with Crippen molar-refractivity contribution in [3.63, 3.8) is 0 Å². The van der Waals surface area contributed by atoms with Crippen molar-refractivity contribution in [1.29, 1.82) is 0 Å². The number of nitrogens with one attached hydrogen (secondary N) is 1. The lowest BCUT2D eigenvalue weighted by Gasteiger charge is -2.29. The monoisotopic (exact) mass is 450 g/mol. The highest BCUT2D eigenvalue weighted by atomic mass is 31.2. The third-order valence-electron chi connectivity index (χ3n) is 4.50. The first-order valence-corrected chi connectivity index (χ1v) is 12.5. The lowest BCUT2D eigenvalue weighted by Crippen LogP contribution is -2.45. The molecule has 0 saturated carbocycles. The summed E-state index contributed by atoms with van der Waals surface area (Å²) in [6.45, 7) is 4.23. The number of phosphoric ester groups is 1. The van der Waals surface area contributed by atoms with Gasteiger partial charge in [-0.15, -0.1) is 0 Å². The molecule has 0 rings (SSSR count). The van der Waals surface area contributed by atoms with Crippen molar-refractivity contribution in [2.45, 2.75) is 77.4 Å². The Balaban J connectivity index is 4.76. The SMILES string of the molecule is CCCCCC/C=C/C(O)C(COP(=O)([O-])OCC[N+](C)(C)C)NC(=O)CCCC. The molecule has 0 aromatic heterocycles. The largest absolute Gasteiger partial charge is 0.756 e. The van der Waals surface area contributed by atoms with Crippen LogP contribution < -0.4 is 10.2 Å². The van der Waals surface area contributed by atoms with E-state index < -0.39 is 20.0 Å². The molecule has 0 radical (unpaired) electrons.